The topological polar surface area (TPSA) is 68.1 Å². The first-order chi connectivity index (χ1) is 12.8. The number of furan rings is 1. The molecule has 0 fully saturated rings. The van der Waals surface area contributed by atoms with Crippen LogP contribution in [0.2, 0.25) is 0 Å². The van der Waals surface area contributed by atoms with E-state index in [1.54, 1.807) is 13.4 Å². The average molecular weight is 351 g/mol. The molecule has 1 aromatic heterocycles. The molecule has 1 heterocycles. The number of benzene rings is 2. The summed E-state index contributed by atoms with van der Waals surface area (Å²) in [5.74, 6) is 1.56. The van der Waals surface area contributed by atoms with Crippen molar-refractivity contribution in [3.05, 3.63) is 84.3 Å². The van der Waals surface area contributed by atoms with Crippen LogP contribution in [-0.4, -0.2) is 19.6 Å². The zero-order chi connectivity index (χ0) is 18.2. The molecule has 0 aliphatic rings. The Bertz CT molecular complexity index is 816. The summed E-state index contributed by atoms with van der Waals surface area (Å²) in [6.07, 6.45) is 2.43. The van der Waals surface area contributed by atoms with Gasteiger partial charge in [0.25, 0.3) is 5.91 Å². The van der Waals surface area contributed by atoms with E-state index in [1.165, 1.54) is 0 Å². The molecule has 0 spiro atoms. The molecule has 1 amide bonds. The Labute approximate surface area is 153 Å². The second kappa shape index (κ2) is 8.87. The van der Waals surface area contributed by atoms with E-state index in [2.05, 4.69) is 5.32 Å². The minimum absolute atomic E-state index is 0.0658. The van der Waals surface area contributed by atoms with Crippen LogP contribution >= 0.6 is 0 Å². The van der Waals surface area contributed by atoms with Crippen molar-refractivity contribution in [2.24, 2.45) is 0 Å². The van der Waals surface area contributed by atoms with Crippen molar-refractivity contribution < 1.29 is 19.3 Å². The number of hydrogen-bond acceptors (Lipinski definition) is 3. The van der Waals surface area contributed by atoms with Gasteiger partial charge in [-0.1, -0.05) is 36.4 Å². The summed E-state index contributed by atoms with van der Waals surface area (Å²) in [5, 5.41) is 5.02. The lowest BCUT2D eigenvalue weighted by atomic mass is 10.1. The highest BCUT2D eigenvalue weighted by Crippen LogP contribution is 2.18. The number of ether oxygens (including phenoxy) is 1. The van der Waals surface area contributed by atoms with Crippen molar-refractivity contribution in [1.82, 2.24) is 0 Å². The van der Waals surface area contributed by atoms with Gasteiger partial charge in [-0.2, -0.15) is 0 Å². The third-order valence-corrected chi connectivity index (χ3v) is 4.15. The number of methoxy groups -OCH3 is 1. The van der Waals surface area contributed by atoms with Gasteiger partial charge in [-0.25, -0.2) is 0 Å². The van der Waals surface area contributed by atoms with Gasteiger partial charge < -0.3 is 19.8 Å². The first-order valence-corrected chi connectivity index (χ1v) is 8.62. The Hall–Kier alpha value is -3.05. The van der Waals surface area contributed by atoms with E-state index in [0.717, 1.165) is 30.0 Å². The minimum atomic E-state index is -0.336. The summed E-state index contributed by atoms with van der Waals surface area (Å²) in [6.45, 7) is 0.749. The van der Waals surface area contributed by atoms with Gasteiger partial charge in [0, 0.05) is 17.3 Å². The van der Waals surface area contributed by atoms with Crippen LogP contribution in [-0.2, 0) is 11.2 Å². The highest BCUT2D eigenvalue weighted by Gasteiger charge is 2.24. The second-order valence-corrected chi connectivity index (χ2v) is 5.96. The molecule has 0 radical (unpaired) electrons. The van der Waals surface area contributed by atoms with Gasteiger partial charge in [0.05, 0.1) is 26.3 Å². The maximum atomic E-state index is 12.9. The second-order valence-electron chi connectivity index (χ2n) is 5.96. The van der Waals surface area contributed by atoms with Crippen LogP contribution in [0.1, 0.15) is 17.4 Å². The van der Waals surface area contributed by atoms with Crippen molar-refractivity contribution in [3.8, 4) is 5.75 Å². The van der Waals surface area contributed by atoms with Crippen LogP contribution in [0, 0.1) is 0 Å². The van der Waals surface area contributed by atoms with Crippen molar-refractivity contribution in [1.29, 1.82) is 0 Å². The first kappa shape index (κ1) is 17.8. The van der Waals surface area contributed by atoms with Gasteiger partial charge in [0.15, 0.2) is 6.04 Å². The van der Waals surface area contributed by atoms with Crippen LogP contribution in [0.15, 0.2) is 77.4 Å². The van der Waals surface area contributed by atoms with Gasteiger partial charge in [-0.3, -0.25) is 4.79 Å². The lowest BCUT2D eigenvalue weighted by Crippen LogP contribution is -2.87. The molecule has 0 aliphatic carbocycles. The van der Waals surface area contributed by atoms with E-state index in [4.69, 9.17) is 9.15 Å². The molecule has 5 heteroatoms. The molecule has 3 rings (SSSR count). The van der Waals surface area contributed by atoms with E-state index in [9.17, 15) is 4.79 Å². The number of carbonyl (C=O) groups is 1. The summed E-state index contributed by atoms with van der Waals surface area (Å²) in [6, 6.07) is 20.6. The van der Waals surface area contributed by atoms with Crippen LogP contribution < -0.4 is 15.4 Å². The normalized spacial score (nSPS) is 11.7. The summed E-state index contributed by atoms with van der Waals surface area (Å²) < 4.78 is 10.6. The van der Waals surface area contributed by atoms with Crippen molar-refractivity contribution in [2.75, 3.05) is 19.0 Å². The zero-order valence-electron chi connectivity index (χ0n) is 14.7. The highest BCUT2D eigenvalue weighted by molar-refractivity contribution is 5.94. The molecular formula is C21H23N2O3+. The Kier molecular flexibility index (Phi) is 6.06. The fraction of sp³-hybridized carbons (Fsp3) is 0.190. The molecule has 3 N–H and O–H groups in total. The standard InChI is InChI=1S/C21H22N2O3/c1-25-19-10-5-9-17(15-19)23-21(24)20(16-7-3-2-4-8-16)22-13-12-18-11-6-14-26-18/h2-11,14-15,20,22H,12-13H2,1H3,(H,23,24)/p+1/t20-/m0/s1. The molecule has 0 aliphatic heterocycles. The maximum absolute atomic E-state index is 12.9. The van der Waals surface area contributed by atoms with Gasteiger partial charge in [0.2, 0.25) is 0 Å². The van der Waals surface area contributed by atoms with Crippen LogP contribution in [0.25, 0.3) is 0 Å². The van der Waals surface area contributed by atoms with Crippen molar-refractivity contribution >= 4 is 11.6 Å². The largest absolute Gasteiger partial charge is 0.497 e. The molecule has 134 valence electrons. The third kappa shape index (κ3) is 4.74. The molecule has 3 aromatic rings. The van der Waals surface area contributed by atoms with Crippen LogP contribution in [0.4, 0.5) is 5.69 Å². The Morgan fingerprint density at radius 1 is 1.12 bits per heavy atom. The summed E-state index contributed by atoms with van der Waals surface area (Å²) in [4.78, 5) is 12.9. The SMILES string of the molecule is COc1cccc(NC(=O)[C@@H]([NH2+]CCc2ccco2)c2ccccc2)c1. The number of hydrogen-bond donors (Lipinski definition) is 2. The predicted octanol–water partition coefficient (Wildman–Crippen LogP) is 2.77. The number of carbonyl (C=O) groups excluding carboxylic acids is 1. The Morgan fingerprint density at radius 3 is 2.69 bits per heavy atom. The van der Waals surface area contributed by atoms with Crippen molar-refractivity contribution in [2.45, 2.75) is 12.5 Å². The van der Waals surface area contributed by atoms with E-state index in [1.807, 2.05) is 72.0 Å². The predicted molar refractivity (Wildman–Crippen MR) is 100 cm³/mol. The fourth-order valence-electron chi connectivity index (χ4n) is 2.82. The molecule has 5 nitrogen and oxygen atoms in total. The number of nitrogens with one attached hydrogen (secondary N) is 1. The summed E-state index contributed by atoms with van der Waals surface area (Å²) >= 11 is 0. The molecule has 0 saturated heterocycles. The molecule has 0 saturated carbocycles. The van der Waals surface area contributed by atoms with Crippen LogP contribution in [0.5, 0.6) is 5.75 Å². The molecule has 26 heavy (non-hydrogen) atoms. The highest BCUT2D eigenvalue weighted by atomic mass is 16.5. The Balaban J connectivity index is 1.70. The molecule has 0 unspecified atom stereocenters. The quantitative estimate of drug-likeness (QED) is 0.656. The molecule has 2 aromatic carbocycles. The molecule has 1 atom stereocenters. The maximum Gasteiger partial charge on any atom is 0.287 e. The van der Waals surface area contributed by atoms with E-state index < -0.39 is 0 Å². The number of nitrogens with two attached hydrogens (primary N) is 1. The van der Waals surface area contributed by atoms with Crippen LogP contribution in [0.3, 0.4) is 0 Å². The molecular weight excluding hydrogens is 328 g/mol. The van der Waals surface area contributed by atoms with E-state index >= 15 is 0 Å². The smallest absolute Gasteiger partial charge is 0.287 e. The number of quaternary nitrogens is 1. The number of rotatable bonds is 8. The minimum Gasteiger partial charge on any atom is -0.497 e. The van der Waals surface area contributed by atoms with Gasteiger partial charge in [-0.05, 0) is 24.3 Å². The zero-order valence-corrected chi connectivity index (χ0v) is 14.7. The van der Waals surface area contributed by atoms with Gasteiger partial charge >= 0.3 is 0 Å². The fourth-order valence-corrected chi connectivity index (χ4v) is 2.82. The number of amides is 1. The number of anilines is 1. The summed E-state index contributed by atoms with van der Waals surface area (Å²) in [7, 11) is 1.61. The Morgan fingerprint density at radius 2 is 1.96 bits per heavy atom. The van der Waals surface area contributed by atoms with Crippen molar-refractivity contribution in [3.63, 3.8) is 0 Å². The van der Waals surface area contributed by atoms with Gasteiger partial charge in [0.1, 0.15) is 11.5 Å². The monoisotopic (exact) mass is 351 g/mol. The average Bonchev–Trinajstić information content (AvgIpc) is 3.19. The van der Waals surface area contributed by atoms with E-state index in [-0.39, 0.29) is 11.9 Å². The van der Waals surface area contributed by atoms with E-state index in [0.29, 0.717) is 5.75 Å². The first-order valence-electron chi connectivity index (χ1n) is 8.62. The lowest BCUT2D eigenvalue weighted by molar-refractivity contribution is -0.682. The summed E-state index contributed by atoms with van der Waals surface area (Å²) in [5.41, 5.74) is 1.68. The lowest BCUT2D eigenvalue weighted by Gasteiger charge is -2.16. The third-order valence-electron chi connectivity index (χ3n) is 4.15. The van der Waals surface area contributed by atoms with Gasteiger partial charge in [-0.15, -0.1) is 0 Å². The molecule has 0 bridgehead atoms.